The molecule has 0 spiro atoms. The van der Waals surface area contributed by atoms with E-state index in [1.807, 2.05) is 13.8 Å². The van der Waals surface area contributed by atoms with E-state index in [4.69, 9.17) is 14.2 Å². The Morgan fingerprint density at radius 3 is 2.54 bits per heavy atom. The van der Waals surface area contributed by atoms with Gasteiger partial charge in [-0.15, -0.1) is 4.37 Å². The molecule has 0 amide bonds. The van der Waals surface area contributed by atoms with Crippen LogP contribution >= 0.6 is 11.7 Å². The van der Waals surface area contributed by atoms with Gasteiger partial charge in [0.2, 0.25) is 5.82 Å². The molecule has 0 unspecified atom stereocenters. The van der Waals surface area contributed by atoms with Crippen molar-refractivity contribution in [2.75, 3.05) is 44.4 Å². The molecule has 0 saturated carbocycles. The van der Waals surface area contributed by atoms with Gasteiger partial charge in [0.05, 0.1) is 30.9 Å². The van der Waals surface area contributed by atoms with E-state index in [1.165, 1.54) is 0 Å². The zero-order valence-electron chi connectivity index (χ0n) is 17.7. The average molecular weight is 415 g/mol. The lowest BCUT2D eigenvalue weighted by Gasteiger charge is -2.28. The van der Waals surface area contributed by atoms with Gasteiger partial charge in [-0.3, -0.25) is 4.79 Å². The van der Waals surface area contributed by atoms with E-state index in [0.717, 1.165) is 43.5 Å². The fraction of sp³-hybridized carbons (Fsp3) is 0.842. The lowest BCUT2D eigenvalue weighted by molar-refractivity contribution is -0.155. The first-order valence-corrected chi connectivity index (χ1v) is 10.8. The van der Waals surface area contributed by atoms with E-state index in [9.17, 15) is 4.79 Å². The van der Waals surface area contributed by atoms with Crippen molar-refractivity contribution in [3.8, 4) is 5.88 Å². The maximum absolute atomic E-state index is 12.5. The van der Waals surface area contributed by atoms with Crippen molar-refractivity contribution >= 4 is 23.5 Å². The Balaban J connectivity index is 1.99. The number of aromatic nitrogens is 2. The van der Waals surface area contributed by atoms with Gasteiger partial charge >= 0.3 is 5.97 Å². The summed E-state index contributed by atoms with van der Waals surface area (Å²) in [5.74, 6) is 0.981. The average Bonchev–Trinajstić information content (AvgIpc) is 3.13. The minimum Gasteiger partial charge on any atom is -0.470 e. The first kappa shape index (κ1) is 22.8. The van der Waals surface area contributed by atoms with Gasteiger partial charge in [0, 0.05) is 25.2 Å². The maximum Gasteiger partial charge on any atom is 0.309 e. The largest absolute Gasteiger partial charge is 0.470 e. The number of ether oxygens (including phenoxy) is 3. The second-order valence-corrected chi connectivity index (χ2v) is 8.54. The van der Waals surface area contributed by atoms with Crippen molar-refractivity contribution in [3.63, 3.8) is 0 Å². The van der Waals surface area contributed by atoms with Crippen LogP contribution in [0.1, 0.15) is 47.5 Å². The van der Waals surface area contributed by atoms with Gasteiger partial charge in [-0.2, -0.15) is 4.37 Å². The van der Waals surface area contributed by atoms with Gasteiger partial charge in [-0.25, -0.2) is 0 Å². The van der Waals surface area contributed by atoms with Crippen LogP contribution in [0.2, 0.25) is 0 Å². The molecule has 1 N–H and O–H groups in total. The van der Waals surface area contributed by atoms with Crippen LogP contribution in [-0.4, -0.2) is 65.8 Å². The van der Waals surface area contributed by atoms with Crippen LogP contribution in [0.3, 0.4) is 0 Å². The van der Waals surface area contributed by atoms with Gasteiger partial charge in [0.1, 0.15) is 12.7 Å². The fourth-order valence-corrected chi connectivity index (χ4v) is 3.36. The number of nitrogens with zero attached hydrogens (tertiary/aromatic N) is 3. The molecule has 1 atom stereocenters. The third-order valence-corrected chi connectivity index (χ3v) is 5.12. The van der Waals surface area contributed by atoms with Crippen LogP contribution in [0.25, 0.3) is 0 Å². The lowest BCUT2D eigenvalue weighted by atomic mass is 10.0. The predicted molar refractivity (Wildman–Crippen MR) is 110 cm³/mol. The second kappa shape index (κ2) is 10.9. The van der Waals surface area contributed by atoms with E-state index < -0.39 is 6.10 Å². The highest BCUT2D eigenvalue weighted by molar-refractivity contribution is 6.99. The van der Waals surface area contributed by atoms with Crippen LogP contribution in [0, 0.1) is 5.92 Å². The molecule has 8 nitrogen and oxygen atoms in total. The van der Waals surface area contributed by atoms with Gasteiger partial charge in [-0.05, 0) is 33.6 Å². The Bertz CT molecular complexity index is 595. The summed E-state index contributed by atoms with van der Waals surface area (Å²) >= 11 is 1.12. The molecule has 160 valence electrons. The van der Waals surface area contributed by atoms with E-state index in [0.29, 0.717) is 25.6 Å². The van der Waals surface area contributed by atoms with E-state index in [2.05, 4.69) is 39.7 Å². The Labute approximate surface area is 172 Å². The fourth-order valence-electron chi connectivity index (χ4n) is 2.84. The first-order chi connectivity index (χ1) is 13.3. The molecule has 1 aliphatic heterocycles. The van der Waals surface area contributed by atoms with Crippen LogP contribution < -0.4 is 15.0 Å². The third kappa shape index (κ3) is 7.18. The Kier molecular flexibility index (Phi) is 8.91. The summed E-state index contributed by atoms with van der Waals surface area (Å²) in [4.78, 5) is 14.6. The molecule has 1 aliphatic rings. The zero-order valence-corrected chi connectivity index (χ0v) is 18.5. The zero-order chi connectivity index (χ0) is 20.6. The Hall–Kier alpha value is -1.45. The van der Waals surface area contributed by atoms with Crippen molar-refractivity contribution in [3.05, 3.63) is 0 Å². The highest BCUT2D eigenvalue weighted by Crippen LogP contribution is 2.26. The summed E-state index contributed by atoms with van der Waals surface area (Å²) in [6, 6.07) is 0. The minimum absolute atomic E-state index is 0.0815. The highest BCUT2D eigenvalue weighted by Gasteiger charge is 2.25. The van der Waals surface area contributed by atoms with Crippen molar-refractivity contribution in [2.24, 2.45) is 5.92 Å². The van der Waals surface area contributed by atoms with E-state index in [-0.39, 0.29) is 24.0 Å². The molecule has 1 aromatic rings. The summed E-state index contributed by atoms with van der Waals surface area (Å²) in [5, 5.41) is 3.39. The number of anilines is 1. The molecule has 0 bridgehead atoms. The standard InChI is InChI=1S/C19H34N4O4S/c1-6-14(7-2)18(24)27-15(12-20-19(3,4)5)13-26-17-16(21-28-22-17)23-8-10-25-11-9-23/h14-15,20H,6-13H2,1-5H3/t15-/m0/s1. The number of nitrogens with one attached hydrogen (secondary N) is 1. The Morgan fingerprint density at radius 2 is 1.93 bits per heavy atom. The predicted octanol–water partition coefficient (Wildman–Crippen LogP) is 2.49. The molecular weight excluding hydrogens is 380 g/mol. The topological polar surface area (TPSA) is 85.8 Å². The second-order valence-electron chi connectivity index (χ2n) is 8.01. The third-order valence-electron chi connectivity index (χ3n) is 4.62. The molecule has 0 aromatic carbocycles. The van der Waals surface area contributed by atoms with Crippen LogP contribution in [0.4, 0.5) is 5.82 Å². The molecule has 1 aromatic heterocycles. The van der Waals surface area contributed by atoms with Crippen molar-refractivity contribution in [1.29, 1.82) is 0 Å². The minimum atomic E-state index is -0.397. The van der Waals surface area contributed by atoms with Crippen molar-refractivity contribution < 1.29 is 19.0 Å². The number of morpholine rings is 1. The highest BCUT2D eigenvalue weighted by atomic mass is 32.1. The SMILES string of the molecule is CCC(CC)C(=O)O[C@@H](CNC(C)(C)C)COc1nsnc1N1CCOCC1. The smallest absolute Gasteiger partial charge is 0.309 e. The summed E-state index contributed by atoms with van der Waals surface area (Å²) in [7, 11) is 0. The summed E-state index contributed by atoms with van der Waals surface area (Å²) < 4.78 is 25.8. The van der Waals surface area contributed by atoms with Crippen molar-refractivity contribution in [1.82, 2.24) is 14.1 Å². The van der Waals surface area contributed by atoms with Crippen LogP contribution in [0.15, 0.2) is 0 Å². The lowest BCUT2D eigenvalue weighted by Crippen LogP contribution is -2.44. The Morgan fingerprint density at radius 1 is 1.25 bits per heavy atom. The number of rotatable bonds is 10. The summed E-state index contributed by atoms with van der Waals surface area (Å²) in [6.07, 6.45) is 1.14. The molecule has 1 fully saturated rings. The van der Waals surface area contributed by atoms with Crippen LogP contribution in [-0.2, 0) is 14.3 Å². The van der Waals surface area contributed by atoms with Gasteiger partial charge in [0.25, 0.3) is 5.88 Å². The molecule has 2 heterocycles. The molecule has 0 radical (unpaired) electrons. The number of carbonyl (C=O) groups excluding carboxylic acids is 1. The molecule has 1 saturated heterocycles. The normalized spacial score (nSPS) is 16.3. The quantitative estimate of drug-likeness (QED) is 0.585. The summed E-state index contributed by atoms with van der Waals surface area (Å²) in [6.45, 7) is 13.9. The van der Waals surface area contributed by atoms with Crippen molar-refractivity contribution in [2.45, 2.75) is 59.1 Å². The van der Waals surface area contributed by atoms with Gasteiger partial charge in [0.15, 0.2) is 0 Å². The van der Waals surface area contributed by atoms with Crippen LogP contribution in [0.5, 0.6) is 5.88 Å². The number of hydrogen-bond donors (Lipinski definition) is 1. The van der Waals surface area contributed by atoms with E-state index in [1.54, 1.807) is 0 Å². The molecular formula is C19H34N4O4S. The van der Waals surface area contributed by atoms with E-state index >= 15 is 0 Å². The number of esters is 1. The van der Waals surface area contributed by atoms with Gasteiger partial charge in [-0.1, -0.05) is 13.8 Å². The monoisotopic (exact) mass is 414 g/mol. The molecule has 2 rings (SSSR count). The summed E-state index contributed by atoms with van der Waals surface area (Å²) in [5.41, 5.74) is -0.0826. The maximum atomic E-state index is 12.5. The molecule has 0 aliphatic carbocycles. The number of hydrogen-bond acceptors (Lipinski definition) is 9. The van der Waals surface area contributed by atoms with Gasteiger partial charge < -0.3 is 24.4 Å². The molecule has 9 heteroatoms. The molecule has 28 heavy (non-hydrogen) atoms. The number of carbonyl (C=O) groups is 1. The first-order valence-electron chi connectivity index (χ1n) is 10.1.